The molecule has 1 aromatic rings. The van der Waals surface area contributed by atoms with E-state index in [9.17, 15) is 19.2 Å². The molecule has 1 atom stereocenters. The second kappa shape index (κ2) is 7.47. The zero-order valence-electron chi connectivity index (χ0n) is 15.3. The molecule has 8 heteroatoms. The zero-order valence-corrected chi connectivity index (χ0v) is 15.3. The van der Waals surface area contributed by atoms with Gasteiger partial charge in [-0.3, -0.25) is 19.4 Å². The van der Waals surface area contributed by atoms with E-state index < -0.39 is 11.2 Å². The maximum atomic E-state index is 12.7. The highest BCUT2D eigenvalue weighted by Gasteiger charge is 2.36. The zero-order chi connectivity index (χ0) is 18.8. The van der Waals surface area contributed by atoms with Crippen LogP contribution in [-0.4, -0.2) is 57.3 Å². The molecule has 2 heterocycles. The van der Waals surface area contributed by atoms with Gasteiger partial charge in [-0.2, -0.15) is 0 Å². The van der Waals surface area contributed by atoms with Crippen LogP contribution in [0.15, 0.2) is 15.8 Å². The van der Waals surface area contributed by atoms with Crippen LogP contribution in [0.2, 0.25) is 0 Å². The number of amides is 2. The Morgan fingerprint density at radius 1 is 1.27 bits per heavy atom. The van der Waals surface area contributed by atoms with Crippen LogP contribution in [0.25, 0.3) is 0 Å². The molecule has 1 aromatic heterocycles. The van der Waals surface area contributed by atoms with Gasteiger partial charge in [-0.05, 0) is 24.7 Å². The lowest BCUT2D eigenvalue weighted by Gasteiger charge is -2.34. The molecule has 0 spiro atoms. The standard InChI is InChI=1S/C18H26N4O4/c1-11(2)14-10-21(6-5-15(23)22(14)9-12-3-4-12)16(24)7-13-8-19-18(26)20-17(13)25/h8,11-12,14H,3-7,9-10H2,1-2H3,(H2,19,20,25,26)/t14-/m0/s1. The van der Waals surface area contributed by atoms with Gasteiger partial charge in [0, 0.05) is 37.8 Å². The first-order chi connectivity index (χ1) is 12.3. The van der Waals surface area contributed by atoms with Gasteiger partial charge in [0.2, 0.25) is 11.8 Å². The Kier molecular flexibility index (Phi) is 5.29. The van der Waals surface area contributed by atoms with Gasteiger partial charge < -0.3 is 14.8 Å². The highest BCUT2D eigenvalue weighted by molar-refractivity contribution is 5.81. The molecule has 142 valence electrons. The second-order valence-electron chi connectivity index (χ2n) is 7.66. The maximum Gasteiger partial charge on any atom is 0.325 e. The first-order valence-electron chi connectivity index (χ1n) is 9.23. The first-order valence-corrected chi connectivity index (χ1v) is 9.23. The molecule has 2 aliphatic rings. The number of aromatic nitrogens is 2. The highest BCUT2D eigenvalue weighted by atomic mass is 16.2. The lowest BCUT2D eigenvalue weighted by atomic mass is 10.0. The molecule has 1 saturated carbocycles. The van der Waals surface area contributed by atoms with E-state index >= 15 is 0 Å². The number of aromatic amines is 2. The quantitative estimate of drug-likeness (QED) is 0.775. The average Bonchev–Trinajstić information content (AvgIpc) is 3.40. The predicted molar refractivity (Wildman–Crippen MR) is 95.6 cm³/mol. The van der Waals surface area contributed by atoms with E-state index in [1.165, 1.54) is 19.0 Å². The summed E-state index contributed by atoms with van der Waals surface area (Å²) in [5.74, 6) is 0.742. The van der Waals surface area contributed by atoms with Crippen molar-refractivity contribution in [3.05, 3.63) is 32.6 Å². The number of carbonyl (C=O) groups is 2. The summed E-state index contributed by atoms with van der Waals surface area (Å²) >= 11 is 0. The third-order valence-corrected chi connectivity index (χ3v) is 5.24. The molecule has 2 N–H and O–H groups in total. The smallest absolute Gasteiger partial charge is 0.325 e. The molecule has 1 saturated heterocycles. The molecule has 0 bridgehead atoms. The molecule has 0 aromatic carbocycles. The number of hydrogen-bond donors (Lipinski definition) is 2. The lowest BCUT2D eigenvalue weighted by molar-refractivity contribution is -0.134. The van der Waals surface area contributed by atoms with E-state index in [-0.39, 0.29) is 35.8 Å². The molecule has 26 heavy (non-hydrogen) atoms. The molecule has 3 rings (SSSR count). The Bertz CT molecular complexity index is 793. The van der Waals surface area contributed by atoms with Gasteiger partial charge in [0.25, 0.3) is 5.56 Å². The van der Waals surface area contributed by atoms with Crippen LogP contribution in [0.3, 0.4) is 0 Å². The number of rotatable bonds is 5. The van der Waals surface area contributed by atoms with Crippen molar-refractivity contribution in [1.29, 1.82) is 0 Å². The van der Waals surface area contributed by atoms with Crippen molar-refractivity contribution in [3.63, 3.8) is 0 Å². The van der Waals surface area contributed by atoms with Gasteiger partial charge >= 0.3 is 5.69 Å². The van der Waals surface area contributed by atoms with Crippen molar-refractivity contribution in [2.75, 3.05) is 19.6 Å². The van der Waals surface area contributed by atoms with Gasteiger partial charge in [0.15, 0.2) is 0 Å². The van der Waals surface area contributed by atoms with E-state index in [2.05, 4.69) is 23.8 Å². The lowest BCUT2D eigenvalue weighted by Crippen LogP contribution is -2.48. The third kappa shape index (κ3) is 4.23. The molecular formula is C18H26N4O4. The molecule has 0 radical (unpaired) electrons. The normalized spacial score (nSPS) is 21.2. The number of H-pyrrole nitrogens is 2. The van der Waals surface area contributed by atoms with E-state index in [4.69, 9.17) is 0 Å². The number of carbonyl (C=O) groups excluding carboxylic acids is 2. The predicted octanol–water partition coefficient (Wildman–Crippen LogP) is 0.101. The SMILES string of the molecule is CC(C)[C@@H]1CN(C(=O)Cc2c[nH]c(=O)[nH]c2=O)CCC(=O)N1CC1CC1. The van der Waals surface area contributed by atoms with Crippen LogP contribution in [0.4, 0.5) is 0 Å². The molecule has 1 aliphatic carbocycles. The minimum Gasteiger partial charge on any atom is -0.340 e. The van der Waals surface area contributed by atoms with Gasteiger partial charge in [-0.1, -0.05) is 13.8 Å². The summed E-state index contributed by atoms with van der Waals surface area (Å²) in [6.45, 7) is 5.76. The summed E-state index contributed by atoms with van der Waals surface area (Å²) in [4.78, 5) is 56.4. The Hall–Kier alpha value is -2.38. The third-order valence-electron chi connectivity index (χ3n) is 5.24. The highest BCUT2D eigenvalue weighted by Crippen LogP contribution is 2.32. The topological polar surface area (TPSA) is 106 Å². The molecule has 2 fully saturated rings. The van der Waals surface area contributed by atoms with Crippen LogP contribution >= 0.6 is 0 Å². The molecule has 2 amide bonds. The first kappa shape index (κ1) is 18.4. The van der Waals surface area contributed by atoms with Gasteiger partial charge in [-0.25, -0.2) is 4.79 Å². The van der Waals surface area contributed by atoms with E-state index in [1.54, 1.807) is 4.90 Å². The Balaban J connectivity index is 1.74. The largest absolute Gasteiger partial charge is 0.340 e. The fourth-order valence-corrected chi connectivity index (χ4v) is 3.43. The Labute approximate surface area is 151 Å². The Morgan fingerprint density at radius 2 is 2.00 bits per heavy atom. The monoisotopic (exact) mass is 362 g/mol. The van der Waals surface area contributed by atoms with E-state index in [1.807, 2.05) is 4.90 Å². The molecular weight excluding hydrogens is 336 g/mol. The summed E-state index contributed by atoms with van der Waals surface area (Å²) in [6, 6.07) is -0.0107. The Morgan fingerprint density at radius 3 is 2.62 bits per heavy atom. The number of nitrogens with zero attached hydrogens (tertiary/aromatic N) is 2. The average molecular weight is 362 g/mol. The van der Waals surface area contributed by atoms with Crippen LogP contribution in [0.1, 0.15) is 38.7 Å². The van der Waals surface area contributed by atoms with Gasteiger partial charge in [-0.15, -0.1) is 0 Å². The van der Waals surface area contributed by atoms with Crippen LogP contribution in [-0.2, 0) is 16.0 Å². The number of nitrogens with one attached hydrogen (secondary N) is 2. The summed E-state index contributed by atoms with van der Waals surface area (Å²) in [5.41, 5.74) is -0.924. The fraction of sp³-hybridized carbons (Fsp3) is 0.667. The second-order valence-corrected chi connectivity index (χ2v) is 7.66. The summed E-state index contributed by atoms with van der Waals surface area (Å²) in [7, 11) is 0. The van der Waals surface area contributed by atoms with Gasteiger partial charge in [0.1, 0.15) is 0 Å². The van der Waals surface area contributed by atoms with Crippen molar-refractivity contribution in [2.24, 2.45) is 11.8 Å². The van der Waals surface area contributed by atoms with Crippen molar-refractivity contribution in [2.45, 2.75) is 45.6 Å². The molecule has 1 aliphatic heterocycles. The molecule has 0 unspecified atom stereocenters. The number of hydrogen-bond acceptors (Lipinski definition) is 4. The minimum atomic E-state index is -0.595. The van der Waals surface area contributed by atoms with E-state index in [0.717, 1.165) is 6.54 Å². The summed E-state index contributed by atoms with van der Waals surface area (Å²) < 4.78 is 0. The van der Waals surface area contributed by atoms with Crippen LogP contribution in [0.5, 0.6) is 0 Å². The van der Waals surface area contributed by atoms with Gasteiger partial charge in [0.05, 0.1) is 12.5 Å². The van der Waals surface area contributed by atoms with Crippen molar-refractivity contribution in [1.82, 2.24) is 19.8 Å². The van der Waals surface area contributed by atoms with Crippen molar-refractivity contribution >= 4 is 11.8 Å². The van der Waals surface area contributed by atoms with Crippen LogP contribution < -0.4 is 11.2 Å². The minimum absolute atomic E-state index is 0.0107. The molecule has 8 nitrogen and oxygen atoms in total. The van der Waals surface area contributed by atoms with E-state index in [0.29, 0.717) is 25.4 Å². The van der Waals surface area contributed by atoms with Crippen molar-refractivity contribution < 1.29 is 9.59 Å². The summed E-state index contributed by atoms with van der Waals surface area (Å²) in [6.07, 6.45) is 3.84. The fourth-order valence-electron chi connectivity index (χ4n) is 3.43. The summed E-state index contributed by atoms with van der Waals surface area (Å²) in [5, 5.41) is 0. The van der Waals surface area contributed by atoms with Crippen LogP contribution in [0, 0.1) is 11.8 Å². The van der Waals surface area contributed by atoms with Crippen molar-refractivity contribution in [3.8, 4) is 0 Å². The maximum absolute atomic E-state index is 12.7.